The molecule has 0 fully saturated rings. The first-order valence-corrected chi connectivity index (χ1v) is 5.40. The summed E-state index contributed by atoms with van der Waals surface area (Å²) in [5.41, 5.74) is 7.96. The number of nitrogens with two attached hydrogens (primary N) is 1. The highest BCUT2D eigenvalue weighted by Crippen LogP contribution is 2.40. The van der Waals surface area contributed by atoms with Gasteiger partial charge >= 0.3 is 0 Å². The van der Waals surface area contributed by atoms with Crippen molar-refractivity contribution in [3.63, 3.8) is 0 Å². The molecular weight excluding hydrogens is 206 g/mol. The van der Waals surface area contributed by atoms with E-state index in [1.807, 2.05) is 12.1 Å². The number of fused-ring (bicyclic) bond motifs is 1. The number of phenols is 1. The molecule has 3 atom stereocenters. The maximum Gasteiger partial charge on any atom is 0.154 e. The van der Waals surface area contributed by atoms with E-state index in [1.54, 1.807) is 6.07 Å². The van der Waals surface area contributed by atoms with Crippen LogP contribution in [0.4, 0.5) is 0 Å². The van der Waals surface area contributed by atoms with Gasteiger partial charge in [0.15, 0.2) is 6.29 Å². The van der Waals surface area contributed by atoms with Gasteiger partial charge in [0.2, 0.25) is 0 Å². The fourth-order valence-corrected chi connectivity index (χ4v) is 2.42. The normalized spacial score (nSPS) is 25.4. The first-order valence-electron chi connectivity index (χ1n) is 5.40. The van der Waals surface area contributed by atoms with E-state index in [2.05, 4.69) is 0 Å². The summed E-state index contributed by atoms with van der Waals surface area (Å²) in [5, 5.41) is 19.3. The maximum absolute atomic E-state index is 9.83. The second-order valence-corrected chi connectivity index (χ2v) is 4.25. The van der Waals surface area contributed by atoms with Gasteiger partial charge in [-0.15, -0.1) is 0 Å². The van der Waals surface area contributed by atoms with Crippen molar-refractivity contribution < 1.29 is 14.9 Å². The summed E-state index contributed by atoms with van der Waals surface area (Å²) < 4.78 is 4.83. The molecule has 0 aromatic heterocycles. The molecule has 0 spiro atoms. The van der Waals surface area contributed by atoms with Crippen molar-refractivity contribution in [2.45, 2.75) is 31.1 Å². The van der Waals surface area contributed by atoms with Crippen molar-refractivity contribution in [1.82, 2.24) is 0 Å². The van der Waals surface area contributed by atoms with Crippen LogP contribution in [0.2, 0.25) is 0 Å². The van der Waals surface area contributed by atoms with Gasteiger partial charge in [-0.25, -0.2) is 0 Å². The largest absolute Gasteiger partial charge is 0.508 e. The van der Waals surface area contributed by atoms with Crippen LogP contribution in [-0.2, 0) is 11.2 Å². The van der Waals surface area contributed by atoms with Crippen LogP contribution in [0.5, 0.6) is 5.75 Å². The molecule has 1 aromatic rings. The van der Waals surface area contributed by atoms with Crippen molar-refractivity contribution in [3.8, 4) is 5.75 Å². The van der Waals surface area contributed by atoms with Gasteiger partial charge in [0, 0.05) is 31.1 Å². The Morgan fingerprint density at radius 1 is 1.56 bits per heavy atom. The molecule has 0 radical (unpaired) electrons. The average Bonchev–Trinajstić information content (AvgIpc) is 2.56. The van der Waals surface area contributed by atoms with Crippen LogP contribution in [-0.4, -0.2) is 29.7 Å². The third-order valence-corrected chi connectivity index (χ3v) is 3.24. The van der Waals surface area contributed by atoms with Crippen molar-refractivity contribution >= 4 is 0 Å². The Morgan fingerprint density at radius 2 is 2.31 bits per heavy atom. The van der Waals surface area contributed by atoms with E-state index in [9.17, 15) is 10.2 Å². The molecule has 88 valence electrons. The Labute approximate surface area is 94.7 Å². The molecule has 0 saturated carbocycles. The van der Waals surface area contributed by atoms with Crippen molar-refractivity contribution in [2.24, 2.45) is 5.73 Å². The minimum absolute atomic E-state index is 0.0360. The van der Waals surface area contributed by atoms with Gasteiger partial charge in [-0.1, -0.05) is 12.1 Å². The quantitative estimate of drug-likeness (QED) is 0.660. The minimum Gasteiger partial charge on any atom is -0.508 e. The van der Waals surface area contributed by atoms with Crippen LogP contribution in [0.3, 0.4) is 0 Å². The Kier molecular flexibility index (Phi) is 3.14. The summed E-state index contributed by atoms with van der Waals surface area (Å²) in [6, 6.07) is 5.38. The number of hydrogen-bond acceptors (Lipinski definition) is 4. The molecule has 16 heavy (non-hydrogen) atoms. The number of benzene rings is 1. The molecule has 4 heteroatoms. The number of methoxy groups -OCH3 is 1. The van der Waals surface area contributed by atoms with Gasteiger partial charge in [-0.2, -0.15) is 0 Å². The molecule has 1 aliphatic rings. The number of rotatable bonds is 3. The molecule has 0 aliphatic heterocycles. The van der Waals surface area contributed by atoms with Gasteiger partial charge in [0.05, 0.1) is 0 Å². The fourth-order valence-electron chi connectivity index (χ4n) is 2.42. The van der Waals surface area contributed by atoms with Gasteiger partial charge in [-0.05, 0) is 18.1 Å². The van der Waals surface area contributed by atoms with Crippen molar-refractivity contribution in [2.75, 3.05) is 7.11 Å². The molecular formula is C12H17NO3. The smallest absolute Gasteiger partial charge is 0.154 e. The molecule has 0 amide bonds. The first-order chi connectivity index (χ1) is 7.63. The van der Waals surface area contributed by atoms with Crippen LogP contribution in [0.1, 0.15) is 23.5 Å². The molecule has 3 unspecified atom stereocenters. The number of aromatic hydroxyl groups is 1. The zero-order valence-electron chi connectivity index (χ0n) is 9.26. The highest BCUT2D eigenvalue weighted by molar-refractivity contribution is 5.46. The summed E-state index contributed by atoms with van der Waals surface area (Å²) in [7, 11) is 1.46. The fraction of sp³-hybridized carbons (Fsp3) is 0.500. The van der Waals surface area contributed by atoms with Gasteiger partial charge in [-0.3, -0.25) is 0 Å². The lowest BCUT2D eigenvalue weighted by atomic mass is 9.94. The van der Waals surface area contributed by atoms with E-state index in [0.29, 0.717) is 6.42 Å². The van der Waals surface area contributed by atoms with Gasteiger partial charge < -0.3 is 20.7 Å². The SMILES string of the molecule is COC(O)CC1c2c(O)cccc2CC1N. The maximum atomic E-state index is 9.83. The van der Waals surface area contributed by atoms with Crippen LogP contribution < -0.4 is 5.73 Å². The molecule has 1 aromatic carbocycles. The highest BCUT2D eigenvalue weighted by atomic mass is 16.6. The molecule has 4 nitrogen and oxygen atoms in total. The predicted molar refractivity (Wildman–Crippen MR) is 60.2 cm³/mol. The zero-order valence-corrected chi connectivity index (χ0v) is 9.26. The number of aliphatic hydroxyl groups is 1. The highest BCUT2D eigenvalue weighted by Gasteiger charge is 2.33. The minimum atomic E-state index is -0.832. The molecule has 0 saturated heterocycles. The van der Waals surface area contributed by atoms with Crippen LogP contribution in [0.25, 0.3) is 0 Å². The number of aliphatic hydroxyl groups excluding tert-OH is 1. The van der Waals surface area contributed by atoms with Gasteiger partial charge in [0.25, 0.3) is 0 Å². The van der Waals surface area contributed by atoms with E-state index >= 15 is 0 Å². The first kappa shape index (κ1) is 11.4. The summed E-state index contributed by atoms with van der Waals surface area (Å²) in [4.78, 5) is 0. The summed E-state index contributed by atoms with van der Waals surface area (Å²) in [6.07, 6.45) is 0.328. The summed E-state index contributed by atoms with van der Waals surface area (Å²) in [6.45, 7) is 0. The lowest BCUT2D eigenvalue weighted by Gasteiger charge is -2.20. The summed E-state index contributed by atoms with van der Waals surface area (Å²) in [5.74, 6) is 0.227. The summed E-state index contributed by atoms with van der Waals surface area (Å²) >= 11 is 0. The lowest BCUT2D eigenvalue weighted by Crippen LogP contribution is -2.28. The lowest BCUT2D eigenvalue weighted by molar-refractivity contribution is -0.0827. The molecule has 2 rings (SSSR count). The number of hydrogen-bond donors (Lipinski definition) is 3. The topological polar surface area (TPSA) is 75.7 Å². The van der Waals surface area contributed by atoms with Crippen LogP contribution in [0, 0.1) is 0 Å². The third-order valence-electron chi connectivity index (χ3n) is 3.24. The van der Waals surface area contributed by atoms with Crippen LogP contribution in [0.15, 0.2) is 18.2 Å². The number of phenolic OH excluding ortho intramolecular Hbond substituents is 1. The Hall–Kier alpha value is -1.10. The van der Waals surface area contributed by atoms with E-state index in [1.165, 1.54) is 7.11 Å². The predicted octanol–water partition coefficient (Wildman–Crippen LogP) is 0.714. The average molecular weight is 223 g/mol. The molecule has 0 heterocycles. The van der Waals surface area contributed by atoms with E-state index in [0.717, 1.165) is 17.5 Å². The van der Waals surface area contributed by atoms with E-state index in [-0.39, 0.29) is 17.7 Å². The zero-order chi connectivity index (χ0) is 11.7. The van der Waals surface area contributed by atoms with Crippen molar-refractivity contribution in [3.05, 3.63) is 29.3 Å². The van der Waals surface area contributed by atoms with Gasteiger partial charge in [0.1, 0.15) is 5.75 Å². The Morgan fingerprint density at radius 3 is 3.00 bits per heavy atom. The second-order valence-electron chi connectivity index (χ2n) is 4.25. The standard InChI is InChI=1S/C12H17NO3/c1-16-11(15)6-8-9(13)5-7-3-2-4-10(14)12(7)8/h2-4,8-9,11,14-15H,5-6,13H2,1H3. The third kappa shape index (κ3) is 1.91. The molecule has 1 aliphatic carbocycles. The second kappa shape index (κ2) is 4.41. The molecule has 4 N–H and O–H groups in total. The Balaban J connectivity index is 2.28. The van der Waals surface area contributed by atoms with E-state index in [4.69, 9.17) is 10.5 Å². The molecule has 0 bridgehead atoms. The van der Waals surface area contributed by atoms with Crippen LogP contribution >= 0.6 is 0 Å². The van der Waals surface area contributed by atoms with Crippen molar-refractivity contribution in [1.29, 1.82) is 0 Å². The monoisotopic (exact) mass is 223 g/mol. The Bertz CT molecular complexity index is 381. The van der Waals surface area contributed by atoms with E-state index < -0.39 is 6.29 Å². The number of ether oxygens (including phenoxy) is 1.